The summed E-state index contributed by atoms with van der Waals surface area (Å²) in [6, 6.07) is 60.0. The second-order valence-electron chi connectivity index (χ2n) is 12.1. The number of aromatic nitrogens is 5. The Morgan fingerprint density at radius 3 is 1.28 bits per heavy atom. The fraction of sp³-hybridized carbons (Fsp3) is 0. The molecule has 9 aromatic rings. The molecule has 9 rings (SSSR count). The van der Waals surface area contributed by atoms with Gasteiger partial charge in [0.05, 0.1) is 11.2 Å². The molecule has 0 aliphatic carbocycles. The smallest absolute Gasteiger partial charge is 0.164 e. The van der Waals surface area contributed by atoms with Crippen LogP contribution in [-0.2, 0) is 0 Å². The third-order valence-electron chi connectivity index (χ3n) is 8.92. The van der Waals surface area contributed by atoms with Crippen molar-refractivity contribution in [3.63, 3.8) is 0 Å². The third kappa shape index (κ3) is 5.57. The fourth-order valence-electron chi connectivity index (χ4n) is 6.40. The van der Waals surface area contributed by atoms with Gasteiger partial charge in [-0.1, -0.05) is 158 Å². The molecule has 50 heavy (non-hydrogen) atoms. The molecule has 0 atom stereocenters. The van der Waals surface area contributed by atoms with Gasteiger partial charge >= 0.3 is 0 Å². The van der Waals surface area contributed by atoms with E-state index >= 15 is 0 Å². The molecule has 234 valence electrons. The van der Waals surface area contributed by atoms with E-state index in [9.17, 15) is 0 Å². The second-order valence-corrected chi connectivity index (χ2v) is 12.1. The van der Waals surface area contributed by atoms with Crippen LogP contribution in [0.5, 0.6) is 0 Å². The van der Waals surface area contributed by atoms with Gasteiger partial charge < -0.3 is 0 Å². The van der Waals surface area contributed by atoms with Crippen LogP contribution in [0.15, 0.2) is 176 Å². The number of hydrogen-bond donors (Lipinski definition) is 0. The predicted octanol–water partition coefficient (Wildman–Crippen LogP) is 11.0. The molecule has 0 saturated heterocycles. The summed E-state index contributed by atoms with van der Waals surface area (Å²) in [5.74, 6) is 2.61. The fourth-order valence-corrected chi connectivity index (χ4v) is 6.40. The van der Waals surface area contributed by atoms with Crippen LogP contribution >= 0.6 is 0 Å². The van der Waals surface area contributed by atoms with E-state index in [1.165, 1.54) is 0 Å². The zero-order valence-electron chi connectivity index (χ0n) is 27.0. The van der Waals surface area contributed by atoms with Crippen molar-refractivity contribution in [2.45, 2.75) is 0 Å². The molecule has 0 unspecified atom stereocenters. The second kappa shape index (κ2) is 12.6. The Kier molecular flexibility index (Phi) is 7.41. The molecular weight excluding hydrogens is 611 g/mol. The van der Waals surface area contributed by atoms with E-state index < -0.39 is 0 Å². The largest absolute Gasteiger partial charge is 0.227 e. The van der Waals surface area contributed by atoms with Crippen LogP contribution in [0.1, 0.15) is 0 Å². The summed E-state index contributed by atoms with van der Waals surface area (Å²) >= 11 is 0. The molecule has 0 spiro atoms. The quantitative estimate of drug-likeness (QED) is 0.169. The summed E-state index contributed by atoms with van der Waals surface area (Å²) in [6.45, 7) is 0. The highest BCUT2D eigenvalue weighted by atomic mass is 15.0. The van der Waals surface area contributed by atoms with Gasteiger partial charge in [-0.25, -0.2) is 24.9 Å². The van der Waals surface area contributed by atoms with Crippen molar-refractivity contribution in [2.24, 2.45) is 0 Å². The van der Waals surface area contributed by atoms with Crippen molar-refractivity contribution in [2.75, 3.05) is 0 Å². The molecule has 0 saturated carbocycles. The standard InChI is InChI=1S/C45H29N5/c1-5-14-31(15-6-1)40-38-27-26-30-24-25-36(29-39(30)41(38)47-42(46-40)32-16-7-2-8-17-32)35-22-13-23-37(28-35)45-49-43(33-18-9-3-10-19-33)48-44(50-45)34-20-11-4-12-21-34/h1-29H. The molecule has 0 bridgehead atoms. The normalized spacial score (nSPS) is 11.2. The van der Waals surface area contributed by atoms with Crippen LogP contribution in [0.4, 0.5) is 0 Å². The Morgan fingerprint density at radius 1 is 0.260 bits per heavy atom. The van der Waals surface area contributed by atoms with Gasteiger partial charge in [-0.05, 0) is 34.7 Å². The van der Waals surface area contributed by atoms with E-state index in [2.05, 4.69) is 91.0 Å². The maximum atomic E-state index is 5.20. The van der Waals surface area contributed by atoms with Gasteiger partial charge in [0.2, 0.25) is 0 Å². The first kappa shape index (κ1) is 29.3. The molecule has 5 heteroatoms. The zero-order valence-corrected chi connectivity index (χ0v) is 27.0. The number of rotatable bonds is 6. The van der Waals surface area contributed by atoms with Crippen LogP contribution < -0.4 is 0 Å². The van der Waals surface area contributed by atoms with Crippen LogP contribution in [-0.4, -0.2) is 24.9 Å². The number of nitrogens with zero attached hydrogens (tertiary/aromatic N) is 5. The minimum atomic E-state index is 0.624. The van der Waals surface area contributed by atoms with Gasteiger partial charge in [-0.15, -0.1) is 0 Å². The third-order valence-corrected chi connectivity index (χ3v) is 8.92. The van der Waals surface area contributed by atoms with Crippen LogP contribution in [0, 0.1) is 0 Å². The molecule has 0 amide bonds. The maximum absolute atomic E-state index is 5.20. The lowest BCUT2D eigenvalue weighted by Gasteiger charge is -2.13. The van der Waals surface area contributed by atoms with Crippen molar-refractivity contribution in [1.82, 2.24) is 24.9 Å². The average molecular weight is 640 g/mol. The lowest BCUT2D eigenvalue weighted by atomic mass is 9.96. The van der Waals surface area contributed by atoms with Crippen molar-refractivity contribution in [3.8, 4) is 67.9 Å². The summed E-state index contributed by atoms with van der Waals surface area (Å²) in [7, 11) is 0. The molecule has 0 aliphatic heterocycles. The average Bonchev–Trinajstić information content (AvgIpc) is 3.21. The van der Waals surface area contributed by atoms with E-state index in [1.54, 1.807) is 0 Å². The number of hydrogen-bond acceptors (Lipinski definition) is 5. The molecule has 2 aromatic heterocycles. The molecule has 5 nitrogen and oxygen atoms in total. The monoisotopic (exact) mass is 639 g/mol. The molecule has 0 fully saturated rings. The van der Waals surface area contributed by atoms with Gasteiger partial charge in [-0.3, -0.25) is 0 Å². The lowest BCUT2D eigenvalue weighted by Crippen LogP contribution is -2.00. The highest BCUT2D eigenvalue weighted by molar-refractivity contribution is 6.10. The van der Waals surface area contributed by atoms with Crippen LogP contribution in [0.3, 0.4) is 0 Å². The molecule has 7 aromatic carbocycles. The summed E-state index contributed by atoms with van der Waals surface area (Å²) < 4.78 is 0. The topological polar surface area (TPSA) is 64.5 Å². The van der Waals surface area contributed by atoms with Crippen molar-refractivity contribution in [3.05, 3.63) is 176 Å². The molecule has 0 N–H and O–H groups in total. The summed E-state index contributed by atoms with van der Waals surface area (Å²) in [4.78, 5) is 25.1. The van der Waals surface area contributed by atoms with E-state index in [-0.39, 0.29) is 0 Å². The minimum Gasteiger partial charge on any atom is -0.227 e. The first-order chi connectivity index (χ1) is 24.8. The molecule has 0 aliphatic rings. The minimum absolute atomic E-state index is 0.624. The number of fused-ring (bicyclic) bond motifs is 3. The van der Waals surface area contributed by atoms with Gasteiger partial charge in [0.25, 0.3) is 0 Å². The van der Waals surface area contributed by atoms with Gasteiger partial charge in [-0.2, -0.15) is 0 Å². The molecule has 0 radical (unpaired) electrons. The lowest BCUT2D eigenvalue weighted by molar-refractivity contribution is 1.07. The predicted molar refractivity (Wildman–Crippen MR) is 203 cm³/mol. The Labute approximate surface area is 289 Å². The molecular formula is C45H29N5. The first-order valence-electron chi connectivity index (χ1n) is 16.6. The summed E-state index contributed by atoms with van der Waals surface area (Å²) in [5, 5.41) is 3.20. The van der Waals surface area contributed by atoms with Crippen molar-refractivity contribution >= 4 is 21.7 Å². The summed E-state index contributed by atoms with van der Waals surface area (Å²) in [5.41, 5.74) is 8.82. The van der Waals surface area contributed by atoms with E-state index in [0.717, 1.165) is 66.3 Å². The number of benzene rings is 7. The maximum Gasteiger partial charge on any atom is 0.164 e. The highest BCUT2D eigenvalue weighted by Crippen LogP contribution is 2.36. The zero-order chi connectivity index (χ0) is 33.3. The Balaban J connectivity index is 1.20. The summed E-state index contributed by atoms with van der Waals surface area (Å²) in [6.07, 6.45) is 0. The van der Waals surface area contributed by atoms with E-state index in [0.29, 0.717) is 23.3 Å². The van der Waals surface area contributed by atoms with Crippen LogP contribution in [0.2, 0.25) is 0 Å². The van der Waals surface area contributed by atoms with Gasteiger partial charge in [0.1, 0.15) is 0 Å². The first-order valence-corrected chi connectivity index (χ1v) is 16.6. The molecule has 2 heterocycles. The van der Waals surface area contributed by atoms with Crippen molar-refractivity contribution < 1.29 is 0 Å². The SMILES string of the molecule is c1ccc(-c2nc(-c3ccccc3)nc(-c3cccc(-c4ccc5ccc6c(-c7ccccc7)nc(-c7ccccc7)nc6c5c4)c3)n2)cc1. The van der Waals surface area contributed by atoms with Crippen molar-refractivity contribution in [1.29, 1.82) is 0 Å². The van der Waals surface area contributed by atoms with E-state index in [4.69, 9.17) is 24.9 Å². The Morgan fingerprint density at radius 2 is 0.700 bits per heavy atom. The van der Waals surface area contributed by atoms with Gasteiger partial charge in [0, 0.05) is 38.6 Å². The Hall–Kier alpha value is -6.85. The Bertz CT molecular complexity index is 2570. The van der Waals surface area contributed by atoms with E-state index in [1.807, 2.05) is 84.9 Å². The van der Waals surface area contributed by atoms with Crippen LogP contribution in [0.25, 0.3) is 89.6 Å². The van der Waals surface area contributed by atoms with Gasteiger partial charge in [0.15, 0.2) is 23.3 Å². The highest BCUT2D eigenvalue weighted by Gasteiger charge is 2.16.